The first-order valence-electron chi connectivity index (χ1n) is 8.18. The Kier molecular flexibility index (Phi) is 4.63. The van der Waals surface area contributed by atoms with Crippen LogP contribution in [0.4, 0.5) is 0 Å². The van der Waals surface area contributed by atoms with Gasteiger partial charge in [0.1, 0.15) is 6.04 Å². The molecule has 1 aromatic carbocycles. The fourth-order valence-electron chi connectivity index (χ4n) is 3.14. The molecule has 1 aliphatic rings. The Morgan fingerprint density at radius 2 is 2.04 bits per heavy atom. The Morgan fingerprint density at radius 1 is 1.33 bits per heavy atom. The molecule has 1 saturated carbocycles. The molecule has 0 bridgehead atoms. The van der Waals surface area contributed by atoms with Crippen LogP contribution < -0.4 is 11.1 Å². The Morgan fingerprint density at radius 3 is 2.62 bits per heavy atom. The van der Waals surface area contributed by atoms with Crippen molar-refractivity contribution in [2.24, 2.45) is 5.73 Å². The van der Waals surface area contributed by atoms with Crippen LogP contribution in [0.25, 0.3) is 11.1 Å². The van der Waals surface area contributed by atoms with Gasteiger partial charge in [0, 0.05) is 18.2 Å². The van der Waals surface area contributed by atoms with Crippen LogP contribution in [0.15, 0.2) is 36.7 Å². The first kappa shape index (κ1) is 16.2. The van der Waals surface area contributed by atoms with E-state index in [0.717, 1.165) is 29.5 Å². The number of aromatic amines is 1. The molecule has 0 radical (unpaired) electrons. The molecule has 4 N–H and O–H groups in total. The molecule has 0 saturated heterocycles. The smallest absolute Gasteiger partial charge is 0.241 e. The first-order valence-corrected chi connectivity index (χ1v) is 8.18. The predicted molar refractivity (Wildman–Crippen MR) is 90.7 cm³/mol. The van der Waals surface area contributed by atoms with Crippen LogP contribution in [0.5, 0.6) is 0 Å². The quantitative estimate of drug-likeness (QED) is 0.781. The molecule has 6 heteroatoms. The van der Waals surface area contributed by atoms with Crippen molar-refractivity contribution in [2.45, 2.75) is 43.7 Å². The lowest BCUT2D eigenvalue weighted by atomic mass is 9.96. The van der Waals surface area contributed by atoms with E-state index in [9.17, 15) is 10.1 Å². The molecule has 6 nitrogen and oxygen atoms in total. The standard InChI is InChI=1S/C18H21N5O/c19-10-16(23-17(24)18(20)7-1-2-8-18)9-13-3-5-14(6-4-13)15-11-21-22-12-15/h3-6,11-12,16H,1-2,7-9,20H2,(H,21,22)(H,23,24)/t16-/m0/s1. The number of nitrogens with zero attached hydrogens (tertiary/aromatic N) is 2. The molecule has 2 aromatic rings. The van der Waals surface area contributed by atoms with Gasteiger partial charge >= 0.3 is 0 Å². The van der Waals surface area contributed by atoms with Gasteiger partial charge in [-0.15, -0.1) is 0 Å². The highest BCUT2D eigenvalue weighted by molar-refractivity contribution is 5.86. The van der Waals surface area contributed by atoms with Gasteiger partial charge in [0.15, 0.2) is 0 Å². The Labute approximate surface area is 141 Å². The molecule has 1 amide bonds. The Balaban J connectivity index is 1.63. The van der Waals surface area contributed by atoms with Crippen LogP contribution in [0, 0.1) is 11.3 Å². The summed E-state index contributed by atoms with van der Waals surface area (Å²) in [5, 5.41) is 18.9. The molecular weight excluding hydrogens is 302 g/mol. The lowest BCUT2D eigenvalue weighted by Gasteiger charge is -2.24. The average molecular weight is 323 g/mol. The van der Waals surface area contributed by atoms with Crippen molar-refractivity contribution in [2.75, 3.05) is 0 Å². The van der Waals surface area contributed by atoms with E-state index >= 15 is 0 Å². The summed E-state index contributed by atoms with van der Waals surface area (Å²) >= 11 is 0. The zero-order valence-electron chi connectivity index (χ0n) is 13.5. The van der Waals surface area contributed by atoms with Crippen LogP contribution in [0.3, 0.4) is 0 Å². The summed E-state index contributed by atoms with van der Waals surface area (Å²) in [7, 11) is 0. The lowest BCUT2D eigenvalue weighted by molar-refractivity contribution is -0.126. The molecule has 0 spiro atoms. The molecule has 1 aliphatic carbocycles. The van der Waals surface area contributed by atoms with Gasteiger partial charge in [-0.05, 0) is 24.0 Å². The summed E-state index contributed by atoms with van der Waals surface area (Å²) < 4.78 is 0. The average Bonchev–Trinajstić information content (AvgIpc) is 3.27. The SMILES string of the molecule is N#C[C@H](Cc1ccc(-c2cn[nH]c2)cc1)NC(=O)C1(N)CCCC1. The Bertz CT molecular complexity index is 724. The van der Waals surface area contributed by atoms with Gasteiger partial charge in [0.2, 0.25) is 5.91 Å². The maximum absolute atomic E-state index is 12.3. The number of benzene rings is 1. The van der Waals surface area contributed by atoms with Gasteiger partial charge in [0.05, 0.1) is 17.8 Å². The van der Waals surface area contributed by atoms with Gasteiger partial charge < -0.3 is 11.1 Å². The molecule has 3 rings (SSSR count). The van der Waals surface area contributed by atoms with Crippen molar-refractivity contribution < 1.29 is 4.79 Å². The summed E-state index contributed by atoms with van der Waals surface area (Å²) in [6, 6.07) is 9.49. The van der Waals surface area contributed by atoms with Gasteiger partial charge in [-0.2, -0.15) is 10.4 Å². The summed E-state index contributed by atoms with van der Waals surface area (Å²) in [6.45, 7) is 0. The monoisotopic (exact) mass is 323 g/mol. The highest BCUT2D eigenvalue weighted by atomic mass is 16.2. The molecule has 124 valence electrons. The molecule has 0 aliphatic heterocycles. The maximum atomic E-state index is 12.3. The number of nitriles is 1. The zero-order valence-corrected chi connectivity index (χ0v) is 13.5. The van der Waals surface area contributed by atoms with E-state index in [1.54, 1.807) is 6.20 Å². The number of H-pyrrole nitrogens is 1. The summed E-state index contributed by atoms with van der Waals surface area (Å²) in [5.41, 5.74) is 8.39. The fourth-order valence-corrected chi connectivity index (χ4v) is 3.14. The van der Waals surface area contributed by atoms with Crippen molar-refractivity contribution in [1.29, 1.82) is 5.26 Å². The molecule has 1 heterocycles. The van der Waals surface area contributed by atoms with Crippen LogP contribution in [0.2, 0.25) is 0 Å². The third-order valence-corrected chi connectivity index (χ3v) is 4.63. The summed E-state index contributed by atoms with van der Waals surface area (Å²) in [6.07, 6.45) is 7.37. The van der Waals surface area contributed by atoms with E-state index < -0.39 is 11.6 Å². The minimum Gasteiger partial charge on any atom is -0.338 e. The molecule has 1 atom stereocenters. The summed E-state index contributed by atoms with van der Waals surface area (Å²) in [4.78, 5) is 12.3. The van der Waals surface area contributed by atoms with Gasteiger partial charge in [-0.25, -0.2) is 0 Å². The largest absolute Gasteiger partial charge is 0.338 e. The van der Waals surface area contributed by atoms with Crippen molar-refractivity contribution in [3.8, 4) is 17.2 Å². The van der Waals surface area contributed by atoms with E-state index in [0.29, 0.717) is 19.3 Å². The lowest BCUT2D eigenvalue weighted by Crippen LogP contribution is -2.54. The van der Waals surface area contributed by atoms with Crippen molar-refractivity contribution >= 4 is 5.91 Å². The van der Waals surface area contributed by atoms with Crippen LogP contribution in [-0.4, -0.2) is 27.7 Å². The second-order valence-corrected chi connectivity index (χ2v) is 6.41. The second kappa shape index (κ2) is 6.85. The van der Waals surface area contributed by atoms with Gasteiger partial charge in [-0.3, -0.25) is 9.89 Å². The van der Waals surface area contributed by atoms with Crippen molar-refractivity contribution in [3.05, 3.63) is 42.2 Å². The number of aromatic nitrogens is 2. The van der Waals surface area contributed by atoms with E-state index in [-0.39, 0.29) is 5.91 Å². The fraction of sp³-hybridized carbons (Fsp3) is 0.389. The van der Waals surface area contributed by atoms with E-state index in [1.165, 1.54) is 0 Å². The van der Waals surface area contributed by atoms with Crippen LogP contribution >= 0.6 is 0 Å². The normalized spacial score (nSPS) is 17.2. The highest BCUT2D eigenvalue weighted by Gasteiger charge is 2.37. The maximum Gasteiger partial charge on any atom is 0.241 e. The molecule has 24 heavy (non-hydrogen) atoms. The number of nitrogens with one attached hydrogen (secondary N) is 2. The zero-order chi connectivity index (χ0) is 17.0. The first-order chi connectivity index (χ1) is 11.6. The van der Waals surface area contributed by atoms with E-state index in [4.69, 9.17) is 5.73 Å². The number of carbonyl (C=O) groups excluding carboxylic acids is 1. The van der Waals surface area contributed by atoms with Crippen LogP contribution in [0.1, 0.15) is 31.2 Å². The second-order valence-electron chi connectivity index (χ2n) is 6.41. The molecule has 1 fully saturated rings. The number of nitrogens with two attached hydrogens (primary N) is 1. The van der Waals surface area contributed by atoms with Gasteiger partial charge in [-0.1, -0.05) is 37.1 Å². The Hall–Kier alpha value is -2.65. The molecule has 1 aromatic heterocycles. The number of rotatable bonds is 5. The van der Waals surface area contributed by atoms with Crippen molar-refractivity contribution in [3.63, 3.8) is 0 Å². The molecule has 0 unspecified atom stereocenters. The van der Waals surface area contributed by atoms with E-state index in [2.05, 4.69) is 21.6 Å². The van der Waals surface area contributed by atoms with Crippen LogP contribution in [-0.2, 0) is 11.2 Å². The topological polar surface area (TPSA) is 108 Å². The third-order valence-electron chi connectivity index (χ3n) is 4.63. The molecular formula is C18H21N5O. The number of hydrogen-bond donors (Lipinski definition) is 3. The number of carbonyl (C=O) groups is 1. The highest BCUT2D eigenvalue weighted by Crippen LogP contribution is 2.27. The van der Waals surface area contributed by atoms with E-state index in [1.807, 2.05) is 30.5 Å². The third kappa shape index (κ3) is 3.47. The van der Waals surface area contributed by atoms with Gasteiger partial charge in [0.25, 0.3) is 0 Å². The minimum absolute atomic E-state index is 0.207. The minimum atomic E-state index is -0.805. The van der Waals surface area contributed by atoms with Crippen molar-refractivity contribution in [1.82, 2.24) is 15.5 Å². The number of amides is 1. The summed E-state index contributed by atoms with van der Waals surface area (Å²) in [5.74, 6) is -0.207. The number of hydrogen-bond acceptors (Lipinski definition) is 4. The predicted octanol–water partition coefficient (Wildman–Crippen LogP) is 1.90.